The van der Waals surface area contributed by atoms with Crippen LogP contribution in [-0.2, 0) is 101 Å². The highest BCUT2D eigenvalue weighted by Gasteiger charge is 2.41. The molecule has 45 heteroatoms. The van der Waals surface area contributed by atoms with Crippen molar-refractivity contribution in [3.63, 3.8) is 0 Å². The lowest BCUT2D eigenvalue weighted by atomic mass is 9.97. The summed E-state index contributed by atoms with van der Waals surface area (Å²) in [5, 5.41) is 85.8. The lowest BCUT2D eigenvalue weighted by Gasteiger charge is -2.33. The van der Waals surface area contributed by atoms with E-state index in [1.165, 1.54) is 17.4 Å². The number of guanidine groups is 2. The number of hydrazine groups is 1. The fourth-order valence-corrected chi connectivity index (χ4v) is 16.3. The molecular formula is C93H120N26O19. The number of ketones is 1. The minimum atomic E-state index is -1.95. The molecule has 4 heterocycles. The first kappa shape index (κ1) is 105. The van der Waals surface area contributed by atoms with Crippen LogP contribution in [0.1, 0.15) is 88.0 Å². The fraction of sp³-hybridized carbons (Fsp3) is 0.398. The zero-order valence-corrected chi connectivity index (χ0v) is 76.0. The number of para-hydroxylation sites is 1. The molecule has 2 saturated heterocycles. The Hall–Kier alpha value is -15.3. The van der Waals surface area contributed by atoms with Gasteiger partial charge in [0, 0.05) is 151 Å². The standard InChI is InChI=1S/C93H120N26O19/c94-47-58-25-23-56(24-26-58)42-70(108-82(129)68(20-9-31-101-91(95)96)106-85(132)71(44-62-16-8-15-59-12-4-5-17-65(59)62)105-77(121)50-115-34-36-116(51-78(122)123)38-40-118(53-80(126)127)41-39-117(37-35-115)52-79(124)125)84(131)112-75(54-120)88(135)110-73(46-64-49-100-55-104-64)87(134)107-69(21-10-32-102-92(97)98)83(130)109-72(45-63-48-103-67-19-7-6-18-66(63)67)86(133)111-74(90(137)119-33-11-22-76(119)89(136)113-114-93(99)138)43-57-27-29-61(30-28-57)81(128)60-13-2-1-3-14-60/h1-8,12-19,23-30,48-49,55,68-76,103,120H,9-11,20-22,31-47,50-54,94H2,(H,100,104)(H,105,121)(H,106,132)(H,107,134)(H,108,129)(H,109,130)(H,110,135)(H,111,133)(H,112,131)(H,113,136)(H,122,123)(H,124,125)(H,126,127)(H4,95,96,101)(H4,97,98,102)(H3,99,114,138)/t68-,69+,70-,71?,72-,73-,74-,75-,76-/m0/s1. The van der Waals surface area contributed by atoms with Crippen LogP contribution in [0.25, 0.3) is 21.7 Å². The number of nitrogens with one attached hydrogen (secondary N) is 16. The van der Waals surface area contributed by atoms with Crippen LogP contribution in [0.2, 0.25) is 0 Å². The molecule has 6 aromatic carbocycles. The van der Waals surface area contributed by atoms with Crippen molar-refractivity contribution in [2.75, 3.05) is 105 Å². The summed E-state index contributed by atoms with van der Waals surface area (Å²) in [6, 6.07) is 25.7. The third kappa shape index (κ3) is 32.8. The van der Waals surface area contributed by atoms with Crippen molar-refractivity contribution >= 4 is 122 Å². The van der Waals surface area contributed by atoms with Gasteiger partial charge in [0.1, 0.15) is 54.4 Å². The Morgan fingerprint density at radius 2 is 0.870 bits per heavy atom. The predicted molar refractivity (Wildman–Crippen MR) is 505 cm³/mol. The number of fused-ring (bicyclic) bond motifs is 2. The van der Waals surface area contributed by atoms with Crippen molar-refractivity contribution in [2.45, 2.75) is 132 Å². The van der Waals surface area contributed by atoms with Gasteiger partial charge in [-0.2, -0.15) is 0 Å². The van der Waals surface area contributed by atoms with Gasteiger partial charge in [0.15, 0.2) is 17.7 Å². The molecule has 736 valence electrons. The maximum Gasteiger partial charge on any atom is 0.330 e. The normalized spacial score (nSPS) is 15.7. The Labute approximate surface area is 793 Å². The van der Waals surface area contributed by atoms with Crippen molar-refractivity contribution < 1.29 is 92.3 Å². The molecule has 0 bridgehead atoms. The smallest absolute Gasteiger partial charge is 0.330 e. The summed E-state index contributed by atoms with van der Waals surface area (Å²) < 4.78 is 0. The topological polar surface area (TPSA) is 694 Å². The number of aromatic amines is 2. The van der Waals surface area contributed by atoms with E-state index in [1.54, 1.807) is 147 Å². The summed E-state index contributed by atoms with van der Waals surface area (Å²) >= 11 is 0. The van der Waals surface area contributed by atoms with E-state index < -0.39 is 189 Å². The minimum absolute atomic E-state index is 0.00480. The van der Waals surface area contributed by atoms with E-state index in [0.717, 1.165) is 5.39 Å². The summed E-state index contributed by atoms with van der Waals surface area (Å²) in [5.41, 5.74) is 31.1. The molecule has 0 radical (unpaired) electrons. The number of carbonyl (C=O) groups is 15. The minimum Gasteiger partial charge on any atom is -0.480 e. The van der Waals surface area contributed by atoms with Crippen molar-refractivity contribution in [3.8, 4) is 0 Å². The maximum absolute atomic E-state index is 15.5. The van der Waals surface area contributed by atoms with Crippen LogP contribution >= 0.6 is 0 Å². The number of hydrogen-bond donors (Lipinski definition) is 24. The number of aromatic nitrogens is 3. The number of carboxylic acids is 3. The van der Waals surface area contributed by atoms with Crippen LogP contribution in [0.4, 0.5) is 4.79 Å². The van der Waals surface area contributed by atoms with Crippen LogP contribution in [0, 0.1) is 10.8 Å². The molecular weight excluding hydrogens is 1790 g/mol. The number of carboxylic acid groups (broad SMARTS) is 3. The number of carbonyl (C=O) groups excluding carboxylic acids is 12. The number of primary amides is 1. The molecule has 8 aromatic rings. The van der Waals surface area contributed by atoms with E-state index >= 15 is 38.4 Å². The zero-order valence-electron chi connectivity index (χ0n) is 76.0. The predicted octanol–water partition coefficient (Wildman–Crippen LogP) is -3.19. The summed E-state index contributed by atoms with van der Waals surface area (Å²) in [5.74, 6) is -14.0. The number of amides is 12. The fourth-order valence-electron chi connectivity index (χ4n) is 16.3. The monoisotopic (exact) mass is 1900 g/mol. The molecule has 0 aliphatic carbocycles. The van der Waals surface area contributed by atoms with Gasteiger partial charge in [0.2, 0.25) is 53.2 Å². The van der Waals surface area contributed by atoms with Crippen LogP contribution in [0.3, 0.4) is 0 Å². The molecule has 2 fully saturated rings. The lowest BCUT2D eigenvalue weighted by Crippen LogP contribution is -2.62. The number of nitrogens with zero attached hydrogens (tertiary/aromatic N) is 6. The SMILES string of the molecule is N=C(N)NCCC[C@H](NC(=O)C(Cc1cccc2ccccc12)NC(=O)CN1CCN(CC(=O)O)CCN(CC(=O)O)CCN(CC(=O)O)CC1)C(=O)N[C@@H](Cc1ccc(CN)cc1)C(=O)N[C@@H](CO)C(=O)N[C@@H](Cc1cnc[nH]1)C(=O)N[C@H](CCCNC(=N)N)C(=O)N[C@@H](Cc1c[nH]c2ccccc12)C(=O)N[C@@H](Cc1ccc(C(=O)c2ccccc2)cc1)C(=O)N1CCC[C@H]1C(=O)NNC(N)=O. The summed E-state index contributed by atoms with van der Waals surface area (Å²) in [6.45, 7) is -2.18. The highest BCUT2D eigenvalue weighted by molar-refractivity contribution is 6.09. The van der Waals surface area contributed by atoms with Crippen molar-refractivity contribution in [2.24, 2.45) is 22.9 Å². The Bertz CT molecular complexity index is 5540. The first-order chi connectivity index (χ1) is 66.3. The third-order valence-electron chi connectivity index (χ3n) is 23.5. The van der Waals surface area contributed by atoms with E-state index in [0.29, 0.717) is 61.7 Å². The molecule has 138 heavy (non-hydrogen) atoms. The average Bonchev–Trinajstić information content (AvgIpc) is 1.66. The highest BCUT2D eigenvalue weighted by atomic mass is 16.4. The summed E-state index contributed by atoms with van der Waals surface area (Å²) in [4.78, 5) is 230. The number of aliphatic hydroxyl groups is 1. The Morgan fingerprint density at radius 1 is 0.435 bits per heavy atom. The highest BCUT2D eigenvalue weighted by Crippen LogP contribution is 2.25. The first-order valence-electron chi connectivity index (χ1n) is 45.1. The number of aliphatic carboxylic acids is 3. The second kappa shape index (κ2) is 52.5. The number of benzene rings is 6. The molecule has 9 atom stereocenters. The van der Waals surface area contributed by atoms with Gasteiger partial charge in [0.25, 0.3) is 5.91 Å². The largest absolute Gasteiger partial charge is 0.480 e. The van der Waals surface area contributed by atoms with Gasteiger partial charge < -0.3 is 111 Å². The van der Waals surface area contributed by atoms with Gasteiger partial charge in [-0.05, 0) is 83.2 Å². The second-order valence-electron chi connectivity index (χ2n) is 33.7. The second-order valence-corrected chi connectivity index (χ2v) is 33.7. The molecule has 2 aliphatic heterocycles. The first-order valence-corrected chi connectivity index (χ1v) is 45.1. The van der Waals surface area contributed by atoms with Crippen LogP contribution < -0.4 is 87.0 Å². The van der Waals surface area contributed by atoms with Gasteiger partial charge in [-0.15, -0.1) is 0 Å². The number of hydrogen-bond acceptors (Lipinski definition) is 24. The number of H-pyrrole nitrogens is 2. The van der Waals surface area contributed by atoms with Crippen molar-refractivity contribution in [1.82, 2.24) is 103 Å². The Balaban J connectivity index is 0.913. The number of aliphatic hydroxyl groups excluding tert-OH is 1. The molecule has 0 saturated carbocycles. The van der Waals surface area contributed by atoms with Crippen LogP contribution in [-0.4, -0.2) is 320 Å². The van der Waals surface area contributed by atoms with E-state index in [4.69, 9.17) is 33.8 Å². The zero-order chi connectivity index (χ0) is 99.3. The molecule has 12 amide bonds. The number of nitrogens with two attached hydrogens (primary N) is 4. The van der Waals surface area contributed by atoms with E-state index in [2.05, 4.69) is 73.5 Å². The van der Waals surface area contributed by atoms with Crippen molar-refractivity contribution in [1.29, 1.82) is 10.8 Å². The molecule has 2 aliphatic rings. The molecule has 0 spiro atoms. The number of likely N-dealkylation sites (tertiary alicyclic amines) is 1. The summed E-state index contributed by atoms with van der Waals surface area (Å²) in [6.07, 6.45) is 2.83. The quantitative estimate of drug-likeness (QED) is 0.00587. The lowest BCUT2D eigenvalue weighted by molar-refractivity contribution is -0.142. The Morgan fingerprint density at radius 3 is 1.39 bits per heavy atom. The van der Waals surface area contributed by atoms with Gasteiger partial charge >= 0.3 is 23.9 Å². The number of rotatable bonds is 47. The van der Waals surface area contributed by atoms with Gasteiger partial charge in [-0.1, -0.05) is 140 Å². The maximum atomic E-state index is 15.5. The van der Waals surface area contributed by atoms with Gasteiger partial charge in [-0.25, -0.2) is 15.2 Å². The van der Waals surface area contributed by atoms with Gasteiger partial charge in [-0.3, -0.25) is 103 Å². The average molecular weight is 1910 g/mol. The number of imidazole rings is 1. The number of urea groups is 1. The van der Waals surface area contributed by atoms with E-state index in [1.807, 2.05) is 29.7 Å². The molecule has 45 nitrogen and oxygen atoms in total. The molecule has 2 aromatic heterocycles. The van der Waals surface area contributed by atoms with Gasteiger partial charge in [0.05, 0.1) is 39.1 Å². The van der Waals surface area contributed by atoms with E-state index in [-0.39, 0.29) is 148 Å². The molecule has 28 N–H and O–H groups in total. The Kier molecular flexibility index (Phi) is 39.9. The summed E-state index contributed by atoms with van der Waals surface area (Å²) in [7, 11) is 0. The molecule has 1 unspecified atom stereocenters. The van der Waals surface area contributed by atoms with E-state index in [9.17, 15) is 54.0 Å². The third-order valence-corrected chi connectivity index (χ3v) is 23.5. The van der Waals surface area contributed by atoms with Crippen LogP contribution in [0.5, 0.6) is 0 Å². The van der Waals surface area contributed by atoms with Crippen LogP contribution in [0.15, 0.2) is 164 Å². The molecule has 10 rings (SSSR count). The van der Waals surface area contributed by atoms with Crippen molar-refractivity contribution in [3.05, 3.63) is 209 Å².